The Bertz CT molecular complexity index is 1060. The summed E-state index contributed by atoms with van der Waals surface area (Å²) in [7, 11) is 0. The maximum absolute atomic E-state index is 12.7. The maximum Gasteiger partial charge on any atom is 0.261 e. The average Bonchev–Trinajstić information content (AvgIpc) is 3.32. The van der Waals surface area contributed by atoms with Crippen LogP contribution in [0.5, 0.6) is 5.75 Å². The van der Waals surface area contributed by atoms with Gasteiger partial charge in [-0.05, 0) is 56.4 Å². The predicted octanol–water partition coefficient (Wildman–Crippen LogP) is 4.11. The molecule has 2 aromatic carbocycles. The molecule has 1 saturated carbocycles. The number of nitrogens with zero attached hydrogens (tertiary/aromatic N) is 2. The molecular formula is C23H23N3O3. The van der Waals surface area contributed by atoms with Crippen LogP contribution >= 0.6 is 0 Å². The number of aromatic amines is 1. The third kappa shape index (κ3) is 2.90. The number of aromatic nitrogens is 2. The number of imide groups is 1. The van der Waals surface area contributed by atoms with Crippen LogP contribution in [0.15, 0.2) is 42.6 Å². The largest absolute Gasteiger partial charge is 0.490 e. The summed E-state index contributed by atoms with van der Waals surface area (Å²) in [6, 6.07) is 11.0. The molecule has 2 amide bonds. The second kappa shape index (κ2) is 7.03. The number of rotatable bonds is 4. The van der Waals surface area contributed by atoms with Gasteiger partial charge in [0.15, 0.2) is 0 Å². The fraction of sp³-hybridized carbons (Fsp3) is 0.348. The van der Waals surface area contributed by atoms with Crippen LogP contribution in [0.1, 0.15) is 58.9 Å². The van der Waals surface area contributed by atoms with Crippen LogP contribution in [0, 0.1) is 0 Å². The molecule has 1 aliphatic heterocycles. The molecule has 0 radical (unpaired) electrons. The van der Waals surface area contributed by atoms with Crippen molar-refractivity contribution in [2.45, 2.75) is 51.2 Å². The van der Waals surface area contributed by atoms with Gasteiger partial charge < -0.3 is 4.74 Å². The molecule has 0 unspecified atom stereocenters. The Labute approximate surface area is 168 Å². The molecule has 2 aliphatic rings. The lowest BCUT2D eigenvalue weighted by Crippen LogP contribution is -2.43. The van der Waals surface area contributed by atoms with Crippen molar-refractivity contribution in [3.8, 4) is 5.75 Å². The van der Waals surface area contributed by atoms with E-state index in [1.54, 1.807) is 24.3 Å². The van der Waals surface area contributed by atoms with Crippen molar-refractivity contribution < 1.29 is 14.3 Å². The lowest BCUT2D eigenvalue weighted by Gasteiger charge is -2.33. The normalized spacial score (nSPS) is 21.6. The highest BCUT2D eigenvalue weighted by atomic mass is 16.5. The standard InChI is InChI=1S/C23H23N3O3/c1-2-16-19-13-24-25-20(19)11-12-21(16)29-15-9-7-14(8-10-15)26-22(27)17-5-3-4-6-18(17)23(26)28/h3-6,11-15H,2,7-10H2,1H3,(H,24,25)/t14-,15-. The van der Waals surface area contributed by atoms with Gasteiger partial charge in [0.25, 0.3) is 11.8 Å². The first-order chi connectivity index (χ1) is 14.2. The number of fused-ring (bicyclic) bond motifs is 2. The van der Waals surface area contributed by atoms with Gasteiger partial charge in [-0.3, -0.25) is 19.6 Å². The highest BCUT2D eigenvalue weighted by molar-refractivity contribution is 6.21. The van der Waals surface area contributed by atoms with Crippen molar-refractivity contribution in [3.05, 3.63) is 59.3 Å². The summed E-state index contributed by atoms with van der Waals surface area (Å²) in [5.41, 5.74) is 3.23. The number of amides is 2. The Hall–Kier alpha value is -3.15. The Morgan fingerprint density at radius 2 is 1.72 bits per heavy atom. The van der Waals surface area contributed by atoms with E-state index in [1.807, 2.05) is 18.3 Å². The first-order valence-corrected chi connectivity index (χ1v) is 10.3. The zero-order valence-corrected chi connectivity index (χ0v) is 16.4. The van der Waals surface area contributed by atoms with E-state index < -0.39 is 0 Å². The summed E-state index contributed by atoms with van der Waals surface area (Å²) in [4.78, 5) is 26.9. The minimum atomic E-state index is -0.159. The molecule has 0 spiro atoms. The van der Waals surface area contributed by atoms with E-state index in [0.717, 1.165) is 48.8 Å². The average molecular weight is 389 g/mol. The van der Waals surface area contributed by atoms with Crippen LogP contribution < -0.4 is 4.74 Å². The van der Waals surface area contributed by atoms with Crippen LogP contribution in [-0.4, -0.2) is 39.1 Å². The molecule has 1 N–H and O–H groups in total. The maximum atomic E-state index is 12.7. The quantitative estimate of drug-likeness (QED) is 0.682. The molecule has 2 heterocycles. The van der Waals surface area contributed by atoms with E-state index in [9.17, 15) is 9.59 Å². The highest BCUT2D eigenvalue weighted by Crippen LogP contribution is 2.34. The van der Waals surface area contributed by atoms with Gasteiger partial charge in [0.2, 0.25) is 0 Å². The highest BCUT2D eigenvalue weighted by Gasteiger charge is 2.41. The summed E-state index contributed by atoms with van der Waals surface area (Å²) < 4.78 is 6.35. The lowest BCUT2D eigenvalue weighted by molar-refractivity contribution is 0.0478. The van der Waals surface area contributed by atoms with E-state index >= 15 is 0 Å². The van der Waals surface area contributed by atoms with Crippen molar-refractivity contribution in [3.63, 3.8) is 0 Å². The van der Waals surface area contributed by atoms with Gasteiger partial charge in [0.1, 0.15) is 5.75 Å². The molecule has 148 valence electrons. The van der Waals surface area contributed by atoms with Crippen LogP contribution in [0.25, 0.3) is 10.9 Å². The fourth-order valence-corrected chi connectivity index (χ4v) is 4.67. The number of hydrogen-bond acceptors (Lipinski definition) is 4. The summed E-state index contributed by atoms with van der Waals surface area (Å²) >= 11 is 0. The molecule has 1 aromatic heterocycles. The topological polar surface area (TPSA) is 75.3 Å². The van der Waals surface area contributed by atoms with E-state index in [4.69, 9.17) is 4.74 Å². The number of H-pyrrole nitrogens is 1. The second-order valence-corrected chi connectivity index (χ2v) is 7.80. The van der Waals surface area contributed by atoms with Gasteiger partial charge in [-0.25, -0.2) is 0 Å². The van der Waals surface area contributed by atoms with E-state index in [0.29, 0.717) is 11.1 Å². The predicted molar refractivity (Wildman–Crippen MR) is 109 cm³/mol. The van der Waals surface area contributed by atoms with Gasteiger partial charge in [-0.15, -0.1) is 0 Å². The monoisotopic (exact) mass is 389 g/mol. The Morgan fingerprint density at radius 1 is 1.03 bits per heavy atom. The van der Waals surface area contributed by atoms with Gasteiger partial charge in [-0.1, -0.05) is 19.1 Å². The first kappa shape index (κ1) is 17.9. The molecule has 1 fully saturated rings. The van der Waals surface area contributed by atoms with Crippen molar-refractivity contribution in [1.29, 1.82) is 0 Å². The number of hydrogen-bond donors (Lipinski definition) is 1. The third-order valence-corrected chi connectivity index (χ3v) is 6.17. The van der Waals surface area contributed by atoms with E-state index in [-0.39, 0.29) is 24.0 Å². The van der Waals surface area contributed by atoms with Gasteiger partial charge >= 0.3 is 0 Å². The minimum Gasteiger partial charge on any atom is -0.490 e. The number of aryl methyl sites for hydroxylation is 1. The van der Waals surface area contributed by atoms with Crippen LogP contribution in [0.3, 0.4) is 0 Å². The molecule has 6 nitrogen and oxygen atoms in total. The Balaban J connectivity index is 1.28. The smallest absolute Gasteiger partial charge is 0.261 e. The SMILES string of the molecule is CCc1c(O[C@H]2CC[C@H](N3C(=O)c4ccccc4C3=O)CC2)ccc2[nH]ncc12. The Morgan fingerprint density at radius 3 is 2.38 bits per heavy atom. The molecule has 29 heavy (non-hydrogen) atoms. The van der Waals surface area contributed by atoms with Crippen molar-refractivity contribution >= 4 is 22.7 Å². The lowest BCUT2D eigenvalue weighted by atomic mass is 9.91. The fourth-order valence-electron chi connectivity index (χ4n) is 4.67. The van der Waals surface area contributed by atoms with Gasteiger partial charge in [0.05, 0.1) is 28.9 Å². The van der Waals surface area contributed by atoms with Crippen molar-refractivity contribution in [2.24, 2.45) is 0 Å². The first-order valence-electron chi connectivity index (χ1n) is 10.3. The Kier molecular flexibility index (Phi) is 4.34. The van der Waals surface area contributed by atoms with Crippen LogP contribution in [0.4, 0.5) is 0 Å². The number of ether oxygens (including phenoxy) is 1. The molecule has 6 heteroatoms. The van der Waals surface area contributed by atoms with Crippen molar-refractivity contribution in [1.82, 2.24) is 15.1 Å². The summed E-state index contributed by atoms with van der Waals surface area (Å²) in [5.74, 6) is 0.591. The van der Waals surface area contributed by atoms with Crippen molar-refractivity contribution in [2.75, 3.05) is 0 Å². The van der Waals surface area contributed by atoms with Crippen LogP contribution in [0.2, 0.25) is 0 Å². The molecule has 5 rings (SSSR count). The molecule has 0 bridgehead atoms. The number of benzene rings is 2. The molecule has 3 aromatic rings. The zero-order valence-electron chi connectivity index (χ0n) is 16.4. The third-order valence-electron chi connectivity index (χ3n) is 6.17. The summed E-state index contributed by atoms with van der Waals surface area (Å²) in [6.45, 7) is 2.12. The molecular weight excluding hydrogens is 366 g/mol. The number of carbonyl (C=O) groups is 2. The minimum absolute atomic E-state index is 0.0516. The number of carbonyl (C=O) groups excluding carboxylic acids is 2. The van der Waals surface area contributed by atoms with Gasteiger partial charge in [0, 0.05) is 17.0 Å². The molecule has 1 aliphatic carbocycles. The van der Waals surface area contributed by atoms with E-state index in [2.05, 4.69) is 17.1 Å². The summed E-state index contributed by atoms with van der Waals surface area (Å²) in [6.07, 6.45) is 6.00. The number of nitrogens with one attached hydrogen (secondary N) is 1. The van der Waals surface area contributed by atoms with Gasteiger partial charge in [-0.2, -0.15) is 5.10 Å². The summed E-state index contributed by atoms with van der Waals surface area (Å²) in [5, 5.41) is 8.24. The van der Waals surface area contributed by atoms with Crippen LogP contribution in [-0.2, 0) is 6.42 Å². The molecule has 0 atom stereocenters. The molecule has 0 saturated heterocycles. The van der Waals surface area contributed by atoms with E-state index in [1.165, 1.54) is 10.5 Å². The second-order valence-electron chi connectivity index (χ2n) is 7.80. The zero-order chi connectivity index (χ0) is 20.0.